The molecular weight excluding hydrogens is 327 g/mol. The molecule has 1 fully saturated rings. The highest BCUT2D eigenvalue weighted by atomic mass is 19.1. The molecule has 2 amide bonds. The number of hydrogen-bond acceptors (Lipinski definition) is 5. The fraction of sp³-hybridized carbons (Fsp3) is 0.312. The first-order valence-electron chi connectivity index (χ1n) is 7.85. The van der Waals surface area contributed by atoms with Gasteiger partial charge in [0.2, 0.25) is 11.7 Å². The lowest BCUT2D eigenvalue weighted by Gasteiger charge is -2.13. The molecule has 0 radical (unpaired) electrons. The summed E-state index contributed by atoms with van der Waals surface area (Å²) in [6, 6.07) is 6.51. The first-order chi connectivity index (χ1) is 12.0. The van der Waals surface area contributed by atoms with E-state index in [1.54, 1.807) is 29.2 Å². The van der Waals surface area contributed by atoms with Crippen molar-refractivity contribution in [2.45, 2.75) is 19.4 Å². The van der Waals surface area contributed by atoms with Gasteiger partial charge in [-0.05, 0) is 42.3 Å². The number of carbonyl (C=O) groups excluding carboxylic acids is 2. The van der Waals surface area contributed by atoms with Crippen LogP contribution in [0.4, 0.5) is 10.1 Å². The first-order valence-corrected chi connectivity index (χ1v) is 7.85. The Kier molecular flexibility index (Phi) is 4.82. The molecule has 0 aliphatic carbocycles. The number of nitrogens with one attached hydrogen (secondary N) is 1. The van der Waals surface area contributed by atoms with E-state index in [1.807, 2.05) is 0 Å². The number of anilines is 1. The van der Waals surface area contributed by atoms with Crippen molar-refractivity contribution in [3.05, 3.63) is 36.7 Å². The van der Waals surface area contributed by atoms with Gasteiger partial charge in [-0.1, -0.05) is 6.58 Å². The summed E-state index contributed by atoms with van der Waals surface area (Å²) in [5.74, 6) is -1.61. The number of tetrazole rings is 1. The van der Waals surface area contributed by atoms with Gasteiger partial charge in [0.15, 0.2) is 5.83 Å². The summed E-state index contributed by atoms with van der Waals surface area (Å²) in [6.07, 6.45) is 2.06. The summed E-state index contributed by atoms with van der Waals surface area (Å²) >= 11 is 0. The Labute approximate surface area is 143 Å². The van der Waals surface area contributed by atoms with Gasteiger partial charge in [-0.25, -0.2) is 4.39 Å². The van der Waals surface area contributed by atoms with Crippen LogP contribution in [0.1, 0.15) is 12.8 Å². The highest BCUT2D eigenvalue weighted by Gasteiger charge is 2.19. The third kappa shape index (κ3) is 4.06. The lowest BCUT2D eigenvalue weighted by atomic mass is 10.2. The van der Waals surface area contributed by atoms with Gasteiger partial charge in [0.25, 0.3) is 5.91 Å². The maximum Gasteiger partial charge on any atom is 0.283 e. The van der Waals surface area contributed by atoms with E-state index in [4.69, 9.17) is 0 Å². The lowest BCUT2D eigenvalue weighted by molar-refractivity contribution is -0.131. The number of likely N-dealkylation sites (tertiary alicyclic amines) is 1. The molecule has 0 unspecified atom stereocenters. The van der Waals surface area contributed by atoms with Gasteiger partial charge in [0.05, 0.1) is 0 Å². The maximum atomic E-state index is 12.7. The van der Waals surface area contributed by atoms with E-state index < -0.39 is 11.7 Å². The fourth-order valence-corrected chi connectivity index (χ4v) is 2.51. The highest BCUT2D eigenvalue weighted by molar-refractivity contribution is 6.01. The van der Waals surface area contributed by atoms with Gasteiger partial charge in [-0.2, -0.15) is 4.80 Å². The number of rotatable bonds is 5. The molecule has 1 aliphatic heterocycles. The second kappa shape index (κ2) is 7.20. The van der Waals surface area contributed by atoms with Crippen molar-refractivity contribution < 1.29 is 14.0 Å². The van der Waals surface area contributed by atoms with Crippen molar-refractivity contribution in [3.8, 4) is 11.4 Å². The average Bonchev–Trinajstić information content (AvgIpc) is 3.27. The van der Waals surface area contributed by atoms with Crippen molar-refractivity contribution in [2.75, 3.05) is 18.4 Å². The molecular formula is C16H17FN6O2. The maximum absolute atomic E-state index is 12.7. The highest BCUT2D eigenvalue weighted by Crippen LogP contribution is 2.18. The summed E-state index contributed by atoms with van der Waals surface area (Å²) in [6.45, 7) is 4.54. The van der Waals surface area contributed by atoms with Crippen molar-refractivity contribution in [1.29, 1.82) is 0 Å². The number of nitrogens with zero attached hydrogens (tertiary/aromatic N) is 5. The molecule has 2 heterocycles. The minimum absolute atomic E-state index is 0.0223. The van der Waals surface area contributed by atoms with E-state index in [2.05, 4.69) is 27.3 Å². The fourth-order valence-electron chi connectivity index (χ4n) is 2.51. The van der Waals surface area contributed by atoms with Crippen LogP contribution in [0.25, 0.3) is 11.4 Å². The van der Waals surface area contributed by atoms with Crippen molar-refractivity contribution in [3.63, 3.8) is 0 Å². The van der Waals surface area contributed by atoms with Crippen LogP contribution in [0.5, 0.6) is 0 Å². The minimum atomic E-state index is -1.06. The van der Waals surface area contributed by atoms with E-state index in [1.165, 1.54) is 4.80 Å². The molecule has 0 bridgehead atoms. The molecule has 0 atom stereocenters. The van der Waals surface area contributed by atoms with Gasteiger partial charge in [-0.15, -0.1) is 10.2 Å². The van der Waals surface area contributed by atoms with Gasteiger partial charge < -0.3 is 10.2 Å². The lowest BCUT2D eigenvalue weighted by Crippen LogP contribution is -2.31. The quantitative estimate of drug-likeness (QED) is 0.827. The molecule has 130 valence electrons. The average molecular weight is 344 g/mol. The number of benzene rings is 1. The van der Waals surface area contributed by atoms with Crippen molar-refractivity contribution in [1.82, 2.24) is 25.1 Å². The van der Waals surface area contributed by atoms with Crippen LogP contribution in [-0.2, 0) is 16.1 Å². The molecule has 2 aromatic rings. The Morgan fingerprint density at radius 2 is 1.88 bits per heavy atom. The van der Waals surface area contributed by atoms with E-state index in [-0.39, 0.29) is 12.5 Å². The van der Waals surface area contributed by atoms with Crippen LogP contribution < -0.4 is 5.32 Å². The zero-order chi connectivity index (χ0) is 17.8. The normalized spacial score (nSPS) is 13.7. The van der Waals surface area contributed by atoms with E-state index >= 15 is 0 Å². The first kappa shape index (κ1) is 16.7. The van der Waals surface area contributed by atoms with Crippen molar-refractivity contribution >= 4 is 17.5 Å². The van der Waals surface area contributed by atoms with Crippen LogP contribution in [0, 0.1) is 0 Å². The molecule has 1 aromatic heterocycles. The predicted octanol–water partition coefficient (Wildman–Crippen LogP) is 1.38. The number of aromatic nitrogens is 4. The molecule has 1 aromatic carbocycles. The molecule has 3 rings (SSSR count). The van der Waals surface area contributed by atoms with Gasteiger partial charge in [0, 0.05) is 24.3 Å². The van der Waals surface area contributed by atoms with Crippen LogP contribution in [-0.4, -0.2) is 50.0 Å². The molecule has 25 heavy (non-hydrogen) atoms. The van der Waals surface area contributed by atoms with Crippen LogP contribution in [0.3, 0.4) is 0 Å². The van der Waals surface area contributed by atoms with Crippen LogP contribution in [0.2, 0.25) is 0 Å². The molecule has 1 saturated heterocycles. The minimum Gasteiger partial charge on any atom is -0.341 e. The zero-order valence-corrected chi connectivity index (χ0v) is 13.5. The molecule has 8 nitrogen and oxygen atoms in total. The van der Waals surface area contributed by atoms with E-state index in [0.29, 0.717) is 17.1 Å². The molecule has 9 heteroatoms. The Balaban J connectivity index is 1.64. The monoisotopic (exact) mass is 344 g/mol. The van der Waals surface area contributed by atoms with E-state index in [0.717, 1.165) is 25.9 Å². The Morgan fingerprint density at radius 3 is 2.52 bits per heavy atom. The second-order valence-electron chi connectivity index (χ2n) is 5.67. The van der Waals surface area contributed by atoms with Gasteiger partial charge in [-0.3, -0.25) is 9.59 Å². The van der Waals surface area contributed by atoms with Crippen LogP contribution >= 0.6 is 0 Å². The number of halogens is 1. The molecule has 1 N–H and O–H groups in total. The van der Waals surface area contributed by atoms with Gasteiger partial charge in [0.1, 0.15) is 6.54 Å². The SMILES string of the molecule is C=C(F)C(=O)Nc1ccc(-c2nnn(CC(=O)N3CCCC3)n2)cc1. The summed E-state index contributed by atoms with van der Waals surface area (Å²) in [5, 5.41) is 14.4. The topological polar surface area (TPSA) is 93.0 Å². The molecule has 0 saturated carbocycles. The largest absolute Gasteiger partial charge is 0.341 e. The summed E-state index contributed by atoms with van der Waals surface area (Å²) in [5.41, 5.74) is 1.08. The summed E-state index contributed by atoms with van der Waals surface area (Å²) < 4.78 is 12.7. The van der Waals surface area contributed by atoms with Crippen LogP contribution in [0.15, 0.2) is 36.7 Å². The number of amides is 2. The second-order valence-corrected chi connectivity index (χ2v) is 5.67. The molecule has 1 aliphatic rings. The zero-order valence-electron chi connectivity index (χ0n) is 13.5. The third-order valence-corrected chi connectivity index (χ3v) is 3.84. The Bertz CT molecular complexity index is 795. The van der Waals surface area contributed by atoms with Gasteiger partial charge >= 0.3 is 0 Å². The standard InChI is InChI=1S/C16H17FN6O2/c1-11(17)16(25)18-13-6-4-12(5-7-13)15-19-21-23(20-15)10-14(24)22-8-2-3-9-22/h4-7H,1-3,8-10H2,(H,18,25). The van der Waals surface area contributed by atoms with E-state index in [9.17, 15) is 14.0 Å². The summed E-state index contributed by atoms with van der Waals surface area (Å²) in [7, 11) is 0. The molecule has 0 spiro atoms. The predicted molar refractivity (Wildman–Crippen MR) is 87.9 cm³/mol. The third-order valence-electron chi connectivity index (χ3n) is 3.84. The van der Waals surface area contributed by atoms with Crippen molar-refractivity contribution in [2.24, 2.45) is 0 Å². The number of hydrogen-bond donors (Lipinski definition) is 1. The smallest absolute Gasteiger partial charge is 0.283 e. The Morgan fingerprint density at radius 1 is 1.20 bits per heavy atom. The Hall–Kier alpha value is -3.10. The number of carbonyl (C=O) groups is 2. The summed E-state index contributed by atoms with van der Waals surface area (Å²) in [4.78, 5) is 26.4.